The summed E-state index contributed by atoms with van der Waals surface area (Å²) in [5.41, 5.74) is 0.840. The maximum Gasteiger partial charge on any atom is 0.316 e. The lowest BCUT2D eigenvalue weighted by atomic mass is 10.0. The van der Waals surface area contributed by atoms with Gasteiger partial charge in [-0.15, -0.1) is 0 Å². The van der Waals surface area contributed by atoms with Gasteiger partial charge in [-0.25, -0.2) is 0 Å². The smallest absolute Gasteiger partial charge is 0.316 e. The van der Waals surface area contributed by atoms with E-state index in [-0.39, 0.29) is 11.4 Å². The molecular formula is C15H16O2. The minimum atomic E-state index is -0.301. The van der Waals surface area contributed by atoms with Crippen molar-refractivity contribution >= 4 is 12.0 Å². The molecule has 1 saturated heterocycles. The number of carbonyl (C=O) groups is 1. The molecule has 3 rings (SSSR count). The topological polar surface area (TPSA) is 26.3 Å². The lowest BCUT2D eigenvalue weighted by Gasteiger charge is -2.07. The van der Waals surface area contributed by atoms with Crippen molar-refractivity contribution in [3.63, 3.8) is 0 Å². The van der Waals surface area contributed by atoms with Crippen LogP contribution < -0.4 is 0 Å². The highest BCUT2D eigenvalue weighted by molar-refractivity contribution is 5.87. The molecule has 1 aromatic carbocycles. The number of ether oxygens (including phenoxy) is 1. The standard InChI is InChI=1S/C15H16O2/c1-2-12-13-10-17-14(16)15(12,13)9-8-11-6-4-3-5-7-11/h3-9,12-13H,2,10H2,1H3/b9-8+/t12-,13-,15+/m1/s1. The molecule has 0 N–H and O–H groups in total. The van der Waals surface area contributed by atoms with Crippen LogP contribution in [-0.2, 0) is 9.53 Å². The summed E-state index contributed by atoms with van der Waals surface area (Å²) in [6.07, 6.45) is 5.17. The monoisotopic (exact) mass is 228 g/mol. The minimum Gasteiger partial charge on any atom is -0.465 e. The molecule has 0 unspecified atom stereocenters. The first-order valence-electron chi connectivity index (χ1n) is 6.20. The van der Waals surface area contributed by atoms with Gasteiger partial charge in [-0.1, -0.05) is 55.8 Å². The summed E-state index contributed by atoms with van der Waals surface area (Å²) in [6, 6.07) is 10.1. The van der Waals surface area contributed by atoms with Crippen LogP contribution in [0.5, 0.6) is 0 Å². The molecule has 1 saturated carbocycles. The number of esters is 1. The molecular weight excluding hydrogens is 212 g/mol. The van der Waals surface area contributed by atoms with Crippen molar-refractivity contribution in [2.24, 2.45) is 17.3 Å². The van der Waals surface area contributed by atoms with E-state index in [0.29, 0.717) is 18.4 Å². The first-order chi connectivity index (χ1) is 8.29. The molecule has 1 aromatic rings. The third-order valence-corrected chi connectivity index (χ3v) is 4.14. The van der Waals surface area contributed by atoms with Crippen LogP contribution >= 0.6 is 0 Å². The average molecular weight is 228 g/mol. The lowest BCUT2D eigenvalue weighted by Crippen LogP contribution is -2.14. The van der Waals surface area contributed by atoms with Crippen molar-refractivity contribution in [2.75, 3.05) is 6.61 Å². The Balaban J connectivity index is 1.85. The number of fused-ring (bicyclic) bond motifs is 1. The predicted molar refractivity (Wildman–Crippen MR) is 66.1 cm³/mol. The van der Waals surface area contributed by atoms with Crippen LogP contribution in [0, 0.1) is 17.3 Å². The molecule has 17 heavy (non-hydrogen) atoms. The van der Waals surface area contributed by atoms with Gasteiger partial charge in [0.05, 0.1) is 12.0 Å². The van der Waals surface area contributed by atoms with Crippen molar-refractivity contribution in [3.8, 4) is 0 Å². The predicted octanol–water partition coefficient (Wildman–Crippen LogP) is 2.90. The van der Waals surface area contributed by atoms with Crippen LogP contribution in [0.4, 0.5) is 0 Å². The molecule has 2 fully saturated rings. The van der Waals surface area contributed by atoms with Gasteiger partial charge in [-0.3, -0.25) is 4.79 Å². The molecule has 1 aliphatic carbocycles. The number of hydrogen-bond donors (Lipinski definition) is 0. The van der Waals surface area contributed by atoms with Gasteiger partial charge < -0.3 is 4.74 Å². The van der Waals surface area contributed by atoms with Crippen LogP contribution in [0.25, 0.3) is 6.08 Å². The highest BCUT2D eigenvalue weighted by Gasteiger charge is 2.71. The van der Waals surface area contributed by atoms with Crippen molar-refractivity contribution < 1.29 is 9.53 Å². The van der Waals surface area contributed by atoms with Crippen LogP contribution in [0.15, 0.2) is 36.4 Å². The fourth-order valence-electron chi connectivity index (χ4n) is 3.15. The van der Waals surface area contributed by atoms with Gasteiger partial charge in [0.15, 0.2) is 0 Å². The Hall–Kier alpha value is -1.57. The summed E-state index contributed by atoms with van der Waals surface area (Å²) in [5.74, 6) is 0.880. The highest BCUT2D eigenvalue weighted by Crippen LogP contribution is 2.65. The largest absolute Gasteiger partial charge is 0.465 e. The SMILES string of the molecule is CC[C@@H]1[C@H]2COC(=O)[C@@]12/C=C/c1ccccc1. The number of cyclic esters (lactones) is 1. The molecule has 2 nitrogen and oxygen atoms in total. The average Bonchev–Trinajstić information content (AvgIpc) is 2.91. The first kappa shape index (κ1) is 10.6. The molecule has 2 heteroatoms. The Morgan fingerprint density at radius 1 is 1.41 bits per heavy atom. The van der Waals surface area contributed by atoms with Crippen LogP contribution in [-0.4, -0.2) is 12.6 Å². The van der Waals surface area contributed by atoms with Crippen LogP contribution in [0.3, 0.4) is 0 Å². The Morgan fingerprint density at radius 2 is 2.18 bits per heavy atom. The van der Waals surface area contributed by atoms with Crippen LogP contribution in [0.2, 0.25) is 0 Å². The zero-order chi connectivity index (χ0) is 11.9. The summed E-state index contributed by atoms with van der Waals surface area (Å²) in [6.45, 7) is 2.75. The van der Waals surface area contributed by atoms with Gasteiger partial charge in [0.1, 0.15) is 0 Å². The number of hydrogen-bond acceptors (Lipinski definition) is 2. The van der Waals surface area contributed by atoms with Gasteiger partial charge in [0.25, 0.3) is 0 Å². The third kappa shape index (κ3) is 1.43. The van der Waals surface area contributed by atoms with E-state index in [2.05, 4.69) is 19.1 Å². The van der Waals surface area contributed by atoms with E-state index in [0.717, 1.165) is 12.0 Å². The summed E-state index contributed by atoms with van der Waals surface area (Å²) in [7, 11) is 0. The van der Waals surface area contributed by atoms with Crippen LogP contribution in [0.1, 0.15) is 18.9 Å². The lowest BCUT2D eigenvalue weighted by molar-refractivity contribution is -0.144. The number of carbonyl (C=O) groups excluding carboxylic acids is 1. The second-order valence-corrected chi connectivity index (χ2v) is 4.90. The molecule has 0 amide bonds. The molecule has 3 atom stereocenters. The summed E-state index contributed by atoms with van der Waals surface area (Å²) in [4.78, 5) is 11.9. The van der Waals surface area contributed by atoms with E-state index in [1.54, 1.807) is 0 Å². The molecule has 1 heterocycles. The molecule has 2 aliphatic rings. The first-order valence-corrected chi connectivity index (χ1v) is 6.20. The van der Waals surface area contributed by atoms with Gasteiger partial charge in [-0.2, -0.15) is 0 Å². The molecule has 0 bridgehead atoms. The van der Waals surface area contributed by atoms with E-state index in [9.17, 15) is 4.79 Å². The Morgan fingerprint density at radius 3 is 2.82 bits per heavy atom. The fraction of sp³-hybridized carbons (Fsp3) is 0.400. The molecule has 88 valence electrons. The van der Waals surface area contributed by atoms with Gasteiger partial charge in [0, 0.05) is 5.92 Å². The van der Waals surface area contributed by atoms with Gasteiger partial charge >= 0.3 is 5.97 Å². The Bertz CT molecular complexity index is 457. The normalized spacial score (nSPS) is 34.8. The van der Waals surface area contributed by atoms with E-state index in [4.69, 9.17) is 4.74 Å². The quantitative estimate of drug-likeness (QED) is 0.743. The zero-order valence-electron chi connectivity index (χ0n) is 9.93. The maximum atomic E-state index is 11.9. The Kier molecular flexibility index (Phi) is 2.32. The summed E-state index contributed by atoms with van der Waals surface area (Å²) in [5, 5.41) is 0. The number of benzene rings is 1. The highest BCUT2D eigenvalue weighted by atomic mass is 16.5. The second kappa shape index (κ2) is 3.73. The van der Waals surface area contributed by atoms with Crippen molar-refractivity contribution in [1.82, 2.24) is 0 Å². The Labute approximate surface area is 101 Å². The fourth-order valence-corrected chi connectivity index (χ4v) is 3.15. The number of rotatable bonds is 3. The van der Waals surface area contributed by atoms with Gasteiger partial charge in [-0.05, 0) is 11.5 Å². The second-order valence-electron chi connectivity index (χ2n) is 4.90. The van der Waals surface area contributed by atoms with E-state index in [1.807, 2.05) is 30.3 Å². The summed E-state index contributed by atoms with van der Waals surface area (Å²) < 4.78 is 5.15. The van der Waals surface area contributed by atoms with Crippen molar-refractivity contribution in [1.29, 1.82) is 0 Å². The maximum absolute atomic E-state index is 11.9. The molecule has 0 radical (unpaired) electrons. The van der Waals surface area contributed by atoms with Crippen molar-refractivity contribution in [2.45, 2.75) is 13.3 Å². The molecule has 1 aliphatic heterocycles. The molecule has 0 aromatic heterocycles. The zero-order valence-corrected chi connectivity index (χ0v) is 9.93. The van der Waals surface area contributed by atoms with Gasteiger partial charge in [0.2, 0.25) is 0 Å². The van der Waals surface area contributed by atoms with E-state index >= 15 is 0 Å². The minimum absolute atomic E-state index is 0.0264. The third-order valence-electron chi connectivity index (χ3n) is 4.14. The van der Waals surface area contributed by atoms with E-state index in [1.165, 1.54) is 0 Å². The molecule has 0 spiro atoms. The summed E-state index contributed by atoms with van der Waals surface area (Å²) >= 11 is 0. The van der Waals surface area contributed by atoms with E-state index < -0.39 is 0 Å². The van der Waals surface area contributed by atoms with Crippen molar-refractivity contribution in [3.05, 3.63) is 42.0 Å².